The van der Waals surface area contributed by atoms with Gasteiger partial charge in [-0.2, -0.15) is 4.31 Å². The van der Waals surface area contributed by atoms with E-state index in [1.165, 1.54) is 16.6 Å². The fourth-order valence-electron chi connectivity index (χ4n) is 2.74. The highest BCUT2D eigenvalue weighted by Gasteiger charge is 2.28. The second-order valence-corrected chi connectivity index (χ2v) is 7.77. The number of nitrogens with zero attached hydrogens (tertiary/aromatic N) is 2. The van der Waals surface area contributed by atoms with Gasteiger partial charge in [-0.1, -0.05) is 0 Å². The van der Waals surface area contributed by atoms with Gasteiger partial charge in [-0.05, 0) is 43.5 Å². The van der Waals surface area contributed by atoms with Crippen LogP contribution in [-0.4, -0.2) is 41.7 Å². The molecule has 2 aromatic rings. The number of carbonyl (C=O) groups is 1. The summed E-state index contributed by atoms with van der Waals surface area (Å²) >= 11 is 0. The minimum absolute atomic E-state index is 0.131. The molecule has 0 radical (unpaired) electrons. The lowest BCUT2D eigenvalue weighted by molar-refractivity contribution is 0.0935. The van der Waals surface area contributed by atoms with Crippen molar-refractivity contribution in [2.24, 2.45) is 0 Å². The van der Waals surface area contributed by atoms with Gasteiger partial charge in [-0.15, -0.1) is 0 Å². The van der Waals surface area contributed by atoms with Crippen LogP contribution in [0.25, 0.3) is 0 Å². The van der Waals surface area contributed by atoms with Gasteiger partial charge in [0, 0.05) is 31.7 Å². The molecule has 3 rings (SSSR count). The van der Waals surface area contributed by atoms with E-state index < -0.39 is 10.0 Å². The van der Waals surface area contributed by atoms with E-state index in [0.29, 0.717) is 13.1 Å². The average molecular weight is 348 g/mol. The van der Waals surface area contributed by atoms with Crippen molar-refractivity contribution in [1.29, 1.82) is 0 Å². The van der Waals surface area contributed by atoms with Gasteiger partial charge in [0.15, 0.2) is 0 Å². The minimum atomic E-state index is -3.52. The molecule has 1 fully saturated rings. The highest BCUT2D eigenvalue weighted by molar-refractivity contribution is 7.89. The molecule has 2 N–H and O–H groups in total. The second-order valence-electron chi connectivity index (χ2n) is 5.84. The Morgan fingerprint density at radius 2 is 1.96 bits per heavy atom. The maximum Gasteiger partial charge on any atom is 0.268 e. The van der Waals surface area contributed by atoms with Crippen LogP contribution in [-0.2, 0) is 10.0 Å². The zero-order chi connectivity index (χ0) is 17.2. The van der Waals surface area contributed by atoms with Crippen molar-refractivity contribution in [3.8, 4) is 0 Å². The van der Waals surface area contributed by atoms with Crippen LogP contribution in [0.5, 0.6) is 0 Å². The predicted molar refractivity (Wildman–Crippen MR) is 88.9 cm³/mol. The number of rotatable bonds is 5. The first kappa shape index (κ1) is 16.7. The zero-order valence-corrected chi connectivity index (χ0v) is 14.2. The molecule has 7 nitrogen and oxygen atoms in total. The molecule has 1 atom stereocenters. The highest BCUT2D eigenvalue weighted by atomic mass is 32.2. The molecule has 0 aromatic carbocycles. The lowest BCUT2D eigenvalue weighted by Crippen LogP contribution is -2.28. The number of sulfonamides is 1. The molecule has 1 saturated heterocycles. The van der Waals surface area contributed by atoms with E-state index in [1.54, 1.807) is 12.4 Å². The molecule has 0 spiro atoms. The number of aromatic amines is 1. The smallest absolute Gasteiger partial charge is 0.268 e. The molecule has 1 aliphatic rings. The second kappa shape index (κ2) is 6.74. The minimum Gasteiger partial charge on any atom is -0.356 e. The van der Waals surface area contributed by atoms with Crippen molar-refractivity contribution in [3.63, 3.8) is 0 Å². The van der Waals surface area contributed by atoms with Crippen LogP contribution in [0, 0.1) is 0 Å². The molecule has 1 unspecified atom stereocenters. The number of pyridine rings is 1. The number of amides is 1. The fourth-order valence-corrected chi connectivity index (χ4v) is 4.25. The summed E-state index contributed by atoms with van der Waals surface area (Å²) in [5.74, 6) is -0.345. The van der Waals surface area contributed by atoms with E-state index in [0.717, 1.165) is 18.4 Å². The summed E-state index contributed by atoms with van der Waals surface area (Å²) in [6.45, 7) is 2.93. The molecule has 3 heterocycles. The SMILES string of the molecule is CC(NC(=O)c1cc(S(=O)(=O)N2CCCC2)c[nH]1)c1ccncc1. The Morgan fingerprint density at radius 1 is 1.29 bits per heavy atom. The van der Waals surface area contributed by atoms with Crippen LogP contribution in [0.3, 0.4) is 0 Å². The zero-order valence-electron chi connectivity index (χ0n) is 13.4. The van der Waals surface area contributed by atoms with Crippen molar-refractivity contribution in [3.05, 3.63) is 48.0 Å². The van der Waals surface area contributed by atoms with Crippen molar-refractivity contribution in [1.82, 2.24) is 19.6 Å². The van der Waals surface area contributed by atoms with Gasteiger partial charge < -0.3 is 10.3 Å². The Bertz CT molecular complexity index is 811. The molecule has 1 aliphatic heterocycles. The van der Waals surface area contributed by atoms with Gasteiger partial charge in [0.05, 0.1) is 6.04 Å². The van der Waals surface area contributed by atoms with Crippen molar-refractivity contribution in [2.75, 3.05) is 13.1 Å². The summed E-state index contributed by atoms with van der Waals surface area (Å²) < 4.78 is 26.4. The lowest BCUT2D eigenvalue weighted by Gasteiger charge is -2.14. The monoisotopic (exact) mass is 348 g/mol. The lowest BCUT2D eigenvalue weighted by atomic mass is 10.1. The molecule has 0 aliphatic carbocycles. The molecular formula is C16H20N4O3S. The summed E-state index contributed by atoms with van der Waals surface area (Å²) in [6, 6.07) is 4.83. The Morgan fingerprint density at radius 3 is 2.62 bits per heavy atom. The number of nitrogens with one attached hydrogen (secondary N) is 2. The number of carbonyl (C=O) groups excluding carboxylic acids is 1. The van der Waals surface area contributed by atoms with Crippen molar-refractivity contribution in [2.45, 2.75) is 30.7 Å². The third-order valence-electron chi connectivity index (χ3n) is 4.16. The summed E-state index contributed by atoms with van der Waals surface area (Å²) in [7, 11) is -3.52. The van der Waals surface area contributed by atoms with E-state index in [4.69, 9.17) is 0 Å². The third kappa shape index (κ3) is 3.34. The quantitative estimate of drug-likeness (QED) is 0.859. The third-order valence-corrected chi connectivity index (χ3v) is 6.03. The largest absolute Gasteiger partial charge is 0.356 e. The highest BCUT2D eigenvalue weighted by Crippen LogP contribution is 2.21. The number of hydrogen-bond donors (Lipinski definition) is 2. The van der Waals surface area contributed by atoms with Gasteiger partial charge in [0.2, 0.25) is 10.0 Å². The predicted octanol–water partition coefficient (Wildman–Crippen LogP) is 1.69. The molecule has 2 aromatic heterocycles. The van der Waals surface area contributed by atoms with E-state index >= 15 is 0 Å². The molecule has 24 heavy (non-hydrogen) atoms. The summed E-state index contributed by atoms with van der Waals surface area (Å²) in [5, 5.41) is 2.84. The van der Waals surface area contributed by atoms with E-state index in [-0.39, 0.29) is 22.5 Å². The molecular weight excluding hydrogens is 328 g/mol. The molecule has 128 valence electrons. The molecule has 8 heteroatoms. The molecule has 1 amide bonds. The maximum absolute atomic E-state index is 12.5. The van der Waals surface area contributed by atoms with Crippen molar-refractivity contribution >= 4 is 15.9 Å². The molecule has 0 bridgehead atoms. The Kier molecular flexibility index (Phi) is 4.68. The normalized spacial score (nSPS) is 16.9. The first-order chi connectivity index (χ1) is 11.5. The van der Waals surface area contributed by atoms with E-state index in [2.05, 4.69) is 15.3 Å². The fraction of sp³-hybridized carbons (Fsp3) is 0.375. The van der Waals surface area contributed by atoms with Crippen LogP contribution >= 0.6 is 0 Å². The number of aromatic nitrogens is 2. The van der Waals surface area contributed by atoms with Crippen LogP contribution < -0.4 is 5.32 Å². The summed E-state index contributed by atoms with van der Waals surface area (Å²) in [6.07, 6.45) is 6.45. The average Bonchev–Trinajstić information content (AvgIpc) is 3.27. The first-order valence-corrected chi connectivity index (χ1v) is 9.32. The van der Waals surface area contributed by atoms with Gasteiger partial charge in [0.25, 0.3) is 5.91 Å². The Hall–Kier alpha value is -2.19. The van der Waals surface area contributed by atoms with Crippen molar-refractivity contribution < 1.29 is 13.2 Å². The summed E-state index contributed by atoms with van der Waals surface area (Å²) in [5.41, 5.74) is 1.16. The first-order valence-electron chi connectivity index (χ1n) is 7.88. The van der Waals surface area contributed by atoms with E-state index in [1.807, 2.05) is 19.1 Å². The van der Waals surface area contributed by atoms with Crippen LogP contribution in [0.2, 0.25) is 0 Å². The standard InChI is InChI=1S/C16H20N4O3S/c1-12(13-4-6-17-7-5-13)19-16(21)15-10-14(11-18-15)24(22,23)20-8-2-3-9-20/h4-7,10-12,18H,2-3,8-9H2,1H3,(H,19,21). The van der Waals surface area contributed by atoms with Gasteiger partial charge >= 0.3 is 0 Å². The summed E-state index contributed by atoms with van der Waals surface area (Å²) in [4.78, 5) is 19.2. The molecule has 0 saturated carbocycles. The van der Waals surface area contributed by atoms with Crippen LogP contribution in [0.4, 0.5) is 0 Å². The van der Waals surface area contributed by atoms with Gasteiger partial charge in [0.1, 0.15) is 10.6 Å². The van der Waals surface area contributed by atoms with Gasteiger partial charge in [-0.3, -0.25) is 9.78 Å². The van der Waals surface area contributed by atoms with E-state index in [9.17, 15) is 13.2 Å². The van der Waals surface area contributed by atoms with Gasteiger partial charge in [-0.25, -0.2) is 8.42 Å². The maximum atomic E-state index is 12.5. The number of hydrogen-bond acceptors (Lipinski definition) is 4. The number of H-pyrrole nitrogens is 1. The Labute approximate surface area is 141 Å². The van der Waals surface area contributed by atoms with Crippen LogP contribution in [0.1, 0.15) is 41.9 Å². The topological polar surface area (TPSA) is 95.2 Å². The Balaban J connectivity index is 1.72. The van der Waals surface area contributed by atoms with Crippen LogP contribution in [0.15, 0.2) is 41.7 Å².